The molecule has 3 aromatic rings. The van der Waals surface area contributed by atoms with Crippen LogP contribution in [0.3, 0.4) is 0 Å². The molecule has 2 aromatic heterocycles. The first-order valence-corrected chi connectivity index (χ1v) is 9.93. The van der Waals surface area contributed by atoms with E-state index in [4.69, 9.17) is 21.4 Å². The summed E-state index contributed by atoms with van der Waals surface area (Å²) in [5.74, 6) is 0.161. The molecule has 0 bridgehead atoms. The number of nitrogens with zero attached hydrogens (tertiary/aromatic N) is 3. The fourth-order valence-electron chi connectivity index (χ4n) is 3.66. The fraction of sp³-hybridized carbons (Fsp3) is 0.429. The van der Waals surface area contributed by atoms with E-state index >= 15 is 0 Å². The fourth-order valence-corrected chi connectivity index (χ4v) is 3.89. The number of halogens is 2. The van der Waals surface area contributed by atoms with Gasteiger partial charge in [0.1, 0.15) is 5.52 Å². The smallest absolute Gasteiger partial charge is 0.278 e. The van der Waals surface area contributed by atoms with Crippen LogP contribution in [0, 0.1) is 12.7 Å². The van der Waals surface area contributed by atoms with Gasteiger partial charge in [-0.2, -0.15) is 0 Å². The molecule has 1 atom stereocenters. The predicted molar refractivity (Wildman–Crippen MR) is 108 cm³/mol. The number of methoxy groups -OCH3 is 1. The van der Waals surface area contributed by atoms with Gasteiger partial charge < -0.3 is 4.74 Å². The second-order valence-corrected chi connectivity index (χ2v) is 7.91. The molecule has 4 rings (SSSR count). The van der Waals surface area contributed by atoms with Gasteiger partial charge in [-0.15, -0.1) is 5.10 Å². The van der Waals surface area contributed by atoms with E-state index in [-0.39, 0.29) is 23.3 Å². The van der Waals surface area contributed by atoms with Crippen molar-refractivity contribution in [1.82, 2.24) is 14.2 Å². The summed E-state index contributed by atoms with van der Waals surface area (Å²) in [6.07, 6.45) is 2.73. The number of hydrogen-bond acceptors (Lipinski definition) is 3. The Morgan fingerprint density at radius 2 is 2.07 bits per heavy atom. The summed E-state index contributed by atoms with van der Waals surface area (Å²) < 4.78 is 22.8. The minimum absolute atomic E-state index is 0.0614. The third kappa shape index (κ3) is 2.91. The molecule has 2 heterocycles. The van der Waals surface area contributed by atoms with Gasteiger partial charge in [0, 0.05) is 23.4 Å². The van der Waals surface area contributed by atoms with Gasteiger partial charge in [-0.1, -0.05) is 25.4 Å². The van der Waals surface area contributed by atoms with Gasteiger partial charge >= 0.3 is 0 Å². The quantitative estimate of drug-likeness (QED) is 0.594. The van der Waals surface area contributed by atoms with Crippen LogP contribution >= 0.6 is 11.6 Å². The molecule has 0 N–H and O–H groups in total. The number of hydrogen-bond donors (Lipinski definition) is 0. The predicted octanol–water partition coefficient (Wildman–Crippen LogP) is 5.12. The molecule has 1 saturated carbocycles. The SMILES string of the molecule is CCC(C)c1cc(C)n2nc(-c3cc(F)c(OC)cc3Cl)n(C3CC3)c(=O)c12. The van der Waals surface area contributed by atoms with E-state index in [9.17, 15) is 9.18 Å². The molecule has 5 nitrogen and oxygen atoms in total. The van der Waals surface area contributed by atoms with Crippen LogP contribution in [0.2, 0.25) is 5.02 Å². The Kier molecular flexibility index (Phi) is 4.70. The number of aromatic nitrogens is 3. The largest absolute Gasteiger partial charge is 0.494 e. The third-order valence-corrected chi connectivity index (χ3v) is 5.88. The highest BCUT2D eigenvalue weighted by molar-refractivity contribution is 6.33. The molecule has 148 valence electrons. The van der Waals surface area contributed by atoms with E-state index in [1.807, 2.05) is 13.0 Å². The van der Waals surface area contributed by atoms with E-state index in [1.165, 1.54) is 19.2 Å². The molecule has 7 heteroatoms. The third-order valence-electron chi connectivity index (χ3n) is 5.57. The molecule has 0 saturated heterocycles. The van der Waals surface area contributed by atoms with Gasteiger partial charge in [0.25, 0.3) is 5.56 Å². The summed E-state index contributed by atoms with van der Waals surface area (Å²) >= 11 is 6.42. The average Bonchev–Trinajstić information content (AvgIpc) is 3.45. The lowest BCUT2D eigenvalue weighted by Crippen LogP contribution is -2.26. The number of aryl methyl sites for hydroxylation is 1. The van der Waals surface area contributed by atoms with Crippen molar-refractivity contribution in [1.29, 1.82) is 0 Å². The standard InChI is InChI=1S/C21H23ClFN3O2/c1-5-11(2)14-8-12(3)26-19(14)21(27)25(13-6-7-13)20(24-26)15-9-17(23)18(28-4)10-16(15)22/h8-11,13H,5-7H2,1-4H3. The van der Waals surface area contributed by atoms with E-state index in [0.717, 1.165) is 30.5 Å². The van der Waals surface area contributed by atoms with Gasteiger partial charge in [0.2, 0.25) is 0 Å². The van der Waals surface area contributed by atoms with Crippen LogP contribution in [0.1, 0.15) is 56.3 Å². The van der Waals surface area contributed by atoms with Gasteiger partial charge in [-0.3, -0.25) is 9.36 Å². The van der Waals surface area contributed by atoms with Crippen LogP contribution in [0.25, 0.3) is 16.9 Å². The number of benzene rings is 1. The molecular weight excluding hydrogens is 381 g/mol. The van der Waals surface area contributed by atoms with Crippen molar-refractivity contribution in [3.8, 4) is 17.1 Å². The first-order valence-electron chi connectivity index (χ1n) is 9.55. The molecule has 1 aliphatic rings. The van der Waals surface area contributed by atoms with Crippen molar-refractivity contribution in [2.45, 2.75) is 52.0 Å². The molecule has 28 heavy (non-hydrogen) atoms. The van der Waals surface area contributed by atoms with Crippen molar-refractivity contribution >= 4 is 17.1 Å². The maximum absolute atomic E-state index is 14.4. The summed E-state index contributed by atoms with van der Waals surface area (Å²) in [6.45, 7) is 6.14. The second-order valence-electron chi connectivity index (χ2n) is 7.51. The van der Waals surface area contributed by atoms with Crippen molar-refractivity contribution in [2.24, 2.45) is 0 Å². The number of fused-ring (bicyclic) bond motifs is 1. The first-order chi connectivity index (χ1) is 13.4. The topological polar surface area (TPSA) is 48.5 Å². The Bertz CT molecular complexity index is 1130. The normalized spacial score (nSPS) is 15.2. The van der Waals surface area contributed by atoms with E-state index < -0.39 is 5.82 Å². The minimum atomic E-state index is -0.539. The van der Waals surface area contributed by atoms with Crippen molar-refractivity contribution < 1.29 is 9.13 Å². The zero-order valence-corrected chi connectivity index (χ0v) is 17.2. The Labute approximate surface area is 167 Å². The Morgan fingerprint density at radius 1 is 1.36 bits per heavy atom. The van der Waals surface area contributed by atoms with Crippen molar-refractivity contribution in [3.05, 3.63) is 50.7 Å². The van der Waals surface area contributed by atoms with E-state index in [2.05, 4.69) is 13.8 Å². The Morgan fingerprint density at radius 3 is 2.68 bits per heavy atom. The number of ether oxygens (including phenoxy) is 1. The maximum Gasteiger partial charge on any atom is 0.278 e. The minimum Gasteiger partial charge on any atom is -0.494 e. The molecule has 1 unspecified atom stereocenters. The Hall–Kier alpha value is -2.34. The monoisotopic (exact) mass is 403 g/mol. The summed E-state index contributed by atoms with van der Waals surface area (Å²) in [5, 5.41) is 5.05. The summed E-state index contributed by atoms with van der Waals surface area (Å²) in [4.78, 5) is 13.5. The van der Waals surface area contributed by atoms with Gasteiger partial charge in [-0.05, 0) is 49.8 Å². The van der Waals surface area contributed by atoms with Crippen LogP contribution in [-0.4, -0.2) is 21.3 Å². The summed E-state index contributed by atoms with van der Waals surface area (Å²) in [7, 11) is 1.39. The molecule has 0 radical (unpaired) electrons. The summed E-state index contributed by atoms with van der Waals surface area (Å²) in [5.41, 5.74) is 2.78. The highest BCUT2D eigenvalue weighted by Gasteiger charge is 2.31. The van der Waals surface area contributed by atoms with Crippen LogP contribution in [0.15, 0.2) is 23.0 Å². The first kappa shape index (κ1) is 19.0. The maximum atomic E-state index is 14.4. The molecular formula is C21H23ClFN3O2. The van der Waals surface area contributed by atoms with Gasteiger partial charge in [0.15, 0.2) is 17.4 Å². The highest BCUT2D eigenvalue weighted by atomic mass is 35.5. The molecule has 0 aliphatic heterocycles. The average molecular weight is 404 g/mol. The second kappa shape index (κ2) is 6.92. The zero-order valence-electron chi connectivity index (χ0n) is 16.4. The van der Waals surface area contributed by atoms with E-state index in [0.29, 0.717) is 21.9 Å². The van der Waals surface area contributed by atoms with Crippen molar-refractivity contribution in [3.63, 3.8) is 0 Å². The lowest BCUT2D eigenvalue weighted by atomic mass is 10.00. The molecule has 1 fully saturated rings. The lowest BCUT2D eigenvalue weighted by Gasteiger charge is -2.16. The molecule has 0 spiro atoms. The van der Waals surface area contributed by atoms with Crippen LogP contribution < -0.4 is 10.3 Å². The summed E-state index contributed by atoms with van der Waals surface area (Å²) in [6, 6.07) is 4.81. The van der Waals surface area contributed by atoms with Crippen LogP contribution in [0.4, 0.5) is 4.39 Å². The molecule has 1 aromatic carbocycles. The van der Waals surface area contributed by atoms with Gasteiger partial charge in [0.05, 0.1) is 12.1 Å². The van der Waals surface area contributed by atoms with Gasteiger partial charge in [-0.25, -0.2) is 8.91 Å². The van der Waals surface area contributed by atoms with Crippen molar-refractivity contribution in [2.75, 3.05) is 7.11 Å². The molecule has 1 aliphatic carbocycles. The van der Waals surface area contributed by atoms with E-state index in [1.54, 1.807) is 9.08 Å². The van der Waals surface area contributed by atoms with Crippen LogP contribution in [0.5, 0.6) is 5.75 Å². The Balaban J connectivity index is 2.06. The highest BCUT2D eigenvalue weighted by Crippen LogP contribution is 2.40. The number of rotatable bonds is 5. The van der Waals surface area contributed by atoms with Crippen LogP contribution in [-0.2, 0) is 0 Å². The lowest BCUT2D eigenvalue weighted by molar-refractivity contribution is 0.386. The molecule has 0 amide bonds. The zero-order chi connectivity index (χ0) is 20.2.